The minimum Gasteiger partial charge on any atom is -0.384 e. The summed E-state index contributed by atoms with van der Waals surface area (Å²) in [5.41, 5.74) is -1.20. The van der Waals surface area contributed by atoms with Gasteiger partial charge >= 0.3 is 12.2 Å². The molecule has 0 saturated heterocycles. The van der Waals surface area contributed by atoms with Crippen LogP contribution in [0.2, 0.25) is 0 Å². The van der Waals surface area contributed by atoms with E-state index >= 15 is 0 Å². The lowest BCUT2D eigenvalue weighted by Crippen LogP contribution is -2.45. The fraction of sp³-hybridized carbons (Fsp3) is 0.417. The Morgan fingerprint density at radius 1 is 1.15 bits per heavy atom. The highest BCUT2D eigenvalue weighted by molar-refractivity contribution is 5.73. The van der Waals surface area contributed by atoms with E-state index in [0.717, 1.165) is 12.1 Å². The first-order valence-electron chi connectivity index (χ1n) is 5.67. The van der Waals surface area contributed by atoms with Gasteiger partial charge in [0.1, 0.15) is 18.0 Å². The zero-order chi connectivity index (χ0) is 15.4. The molecule has 112 valence electrons. The van der Waals surface area contributed by atoms with Gasteiger partial charge in [-0.1, -0.05) is 12.1 Å². The van der Waals surface area contributed by atoms with Gasteiger partial charge in [0.15, 0.2) is 0 Å². The number of hydrogen-bond acceptors (Lipinski definition) is 2. The second-order valence-corrected chi connectivity index (χ2v) is 4.43. The third kappa shape index (κ3) is 5.43. The predicted molar refractivity (Wildman–Crippen MR) is 63.4 cm³/mol. The standard InChI is InChI=1S/C12H14F4N2O2/c1-11(20,8-2-4-9(13)5-3-8)6-17-10(19)18-7-12(14,15)16/h2-5,20H,6-7H2,1H3,(H2,17,18,19). The van der Waals surface area contributed by atoms with Crippen molar-refractivity contribution in [2.24, 2.45) is 0 Å². The maximum Gasteiger partial charge on any atom is 0.405 e. The minimum atomic E-state index is -4.50. The van der Waals surface area contributed by atoms with Crippen molar-refractivity contribution < 1.29 is 27.5 Å². The van der Waals surface area contributed by atoms with E-state index in [1.165, 1.54) is 19.1 Å². The zero-order valence-electron chi connectivity index (χ0n) is 10.6. The van der Waals surface area contributed by atoms with Gasteiger partial charge in [-0.3, -0.25) is 0 Å². The molecule has 0 fully saturated rings. The van der Waals surface area contributed by atoms with Crippen molar-refractivity contribution in [2.45, 2.75) is 18.7 Å². The first-order chi connectivity index (χ1) is 9.10. The Morgan fingerprint density at radius 2 is 1.65 bits per heavy atom. The third-order valence-electron chi connectivity index (χ3n) is 2.51. The summed E-state index contributed by atoms with van der Waals surface area (Å²) in [5, 5.41) is 13.8. The van der Waals surface area contributed by atoms with Gasteiger partial charge in [-0.05, 0) is 24.6 Å². The quantitative estimate of drug-likeness (QED) is 0.743. The molecule has 0 radical (unpaired) electrons. The maximum absolute atomic E-state index is 12.7. The number of nitrogens with one attached hydrogen (secondary N) is 2. The zero-order valence-corrected chi connectivity index (χ0v) is 10.6. The molecular weight excluding hydrogens is 280 g/mol. The molecular formula is C12H14F4N2O2. The number of alkyl halides is 3. The summed E-state index contributed by atoms with van der Waals surface area (Å²) in [6.07, 6.45) is -4.50. The van der Waals surface area contributed by atoms with Crippen LogP contribution < -0.4 is 10.6 Å². The molecule has 1 rings (SSSR count). The van der Waals surface area contributed by atoms with E-state index in [0.29, 0.717) is 5.56 Å². The molecule has 1 atom stereocenters. The van der Waals surface area contributed by atoms with Crippen LogP contribution in [0, 0.1) is 5.82 Å². The van der Waals surface area contributed by atoms with Crippen molar-refractivity contribution in [3.8, 4) is 0 Å². The van der Waals surface area contributed by atoms with Gasteiger partial charge in [0.05, 0.1) is 6.54 Å². The highest BCUT2D eigenvalue weighted by Crippen LogP contribution is 2.19. The molecule has 20 heavy (non-hydrogen) atoms. The lowest BCUT2D eigenvalue weighted by molar-refractivity contribution is -0.122. The average molecular weight is 294 g/mol. The van der Waals surface area contributed by atoms with Crippen molar-refractivity contribution in [2.75, 3.05) is 13.1 Å². The van der Waals surface area contributed by atoms with Crippen LogP contribution in [0.1, 0.15) is 12.5 Å². The number of aliphatic hydroxyl groups is 1. The van der Waals surface area contributed by atoms with Crippen molar-refractivity contribution in [3.63, 3.8) is 0 Å². The summed E-state index contributed by atoms with van der Waals surface area (Å²) in [6.45, 7) is -0.426. The molecule has 4 nitrogen and oxygen atoms in total. The Bertz CT molecular complexity index is 458. The molecule has 8 heteroatoms. The second-order valence-electron chi connectivity index (χ2n) is 4.43. The molecule has 0 aromatic heterocycles. The van der Waals surface area contributed by atoms with Crippen molar-refractivity contribution >= 4 is 6.03 Å². The Morgan fingerprint density at radius 3 is 2.15 bits per heavy atom. The third-order valence-corrected chi connectivity index (χ3v) is 2.51. The average Bonchev–Trinajstić information content (AvgIpc) is 2.34. The van der Waals surface area contributed by atoms with Crippen molar-refractivity contribution in [1.29, 1.82) is 0 Å². The topological polar surface area (TPSA) is 61.4 Å². The molecule has 0 aliphatic heterocycles. The largest absolute Gasteiger partial charge is 0.405 e. The highest BCUT2D eigenvalue weighted by Gasteiger charge is 2.28. The second kappa shape index (κ2) is 6.08. The number of halogens is 4. The predicted octanol–water partition coefficient (Wildman–Crippen LogP) is 1.89. The number of carbonyl (C=O) groups excluding carboxylic acids is 1. The Kier molecular flexibility index (Phi) is 4.93. The van der Waals surface area contributed by atoms with Crippen molar-refractivity contribution in [1.82, 2.24) is 10.6 Å². The summed E-state index contributed by atoms with van der Waals surface area (Å²) in [4.78, 5) is 11.1. The highest BCUT2D eigenvalue weighted by atomic mass is 19.4. The smallest absolute Gasteiger partial charge is 0.384 e. The van der Waals surface area contributed by atoms with E-state index < -0.39 is 30.2 Å². The van der Waals surface area contributed by atoms with Crippen LogP contribution in [0.15, 0.2) is 24.3 Å². The van der Waals surface area contributed by atoms with Crippen LogP contribution in [0.25, 0.3) is 0 Å². The molecule has 0 aliphatic carbocycles. The minimum absolute atomic E-state index is 0.317. The van der Waals surface area contributed by atoms with Gasteiger partial charge in [-0.2, -0.15) is 13.2 Å². The van der Waals surface area contributed by atoms with E-state index in [-0.39, 0.29) is 6.54 Å². The molecule has 1 aromatic rings. The van der Waals surface area contributed by atoms with Crippen LogP contribution in [0.3, 0.4) is 0 Å². The first kappa shape index (κ1) is 16.2. The van der Waals surface area contributed by atoms with E-state index in [1.54, 1.807) is 5.32 Å². The van der Waals surface area contributed by atoms with Crippen LogP contribution in [-0.4, -0.2) is 30.4 Å². The Labute approximate surface area is 112 Å². The molecule has 3 N–H and O–H groups in total. The van der Waals surface area contributed by atoms with Gasteiger partial charge in [0, 0.05) is 0 Å². The maximum atomic E-state index is 12.7. The number of carbonyl (C=O) groups is 1. The van der Waals surface area contributed by atoms with Crippen LogP contribution in [0.5, 0.6) is 0 Å². The van der Waals surface area contributed by atoms with Gasteiger partial charge in [0.25, 0.3) is 0 Å². The fourth-order valence-electron chi connectivity index (χ4n) is 1.41. The first-order valence-corrected chi connectivity index (χ1v) is 5.67. The lowest BCUT2D eigenvalue weighted by atomic mass is 9.96. The summed E-state index contributed by atoms with van der Waals surface area (Å²) in [7, 11) is 0. The SMILES string of the molecule is CC(O)(CNC(=O)NCC(F)(F)F)c1ccc(F)cc1. The molecule has 1 aromatic carbocycles. The summed E-state index contributed by atoms with van der Waals surface area (Å²) < 4.78 is 48.3. The number of amides is 2. The molecule has 0 saturated carbocycles. The Balaban J connectivity index is 2.51. The molecule has 0 heterocycles. The van der Waals surface area contributed by atoms with Gasteiger partial charge < -0.3 is 15.7 Å². The van der Waals surface area contributed by atoms with Crippen molar-refractivity contribution in [3.05, 3.63) is 35.6 Å². The van der Waals surface area contributed by atoms with Crippen LogP contribution >= 0.6 is 0 Å². The van der Waals surface area contributed by atoms with Gasteiger partial charge in [-0.25, -0.2) is 9.18 Å². The summed E-state index contributed by atoms with van der Waals surface area (Å²) in [5.74, 6) is -0.486. The van der Waals surface area contributed by atoms with E-state index in [1.807, 2.05) is 0 Å². The van der Waals surface area contributed by atoms with E-state index in [2.05, 4.69) is 5.32 Å². The number of urea groups is 1. The molecule has 0 bridgehead atoms. The molecule has 0 spiro atoms. The summed E-state index contributed by atoms with van der Waals surface area (Å²) in [6, 6.07) is 3.86. The molecule has 0 aliphatic rings. The summed E-state index contributed by atoms with van der Waals surface area (Å²) >= 11 is 0. The lowest BCUT2D eigenvalue weighted by Gasteiger charge is -2.24. The Hall–Kier alpha value is -1.83. The number of hydrogen-bond donors (Lipinski definition) is 3. The normalized spacial score (nSPS) is 14.5. The van der Waals surface area contributed by atoms with Gasteiger partial charge in [0.2, 0.25) is 0 Å². The van der Waals surface area contributed by atoms with Crippen LogP contribution in [-0.2, 0) is 5.60 Å². The molecule has 2 amide bonds. The number of rotatable bonds is 4. The molecule has 1 unspecified atom stereocenters. The van der Waals surface area contributed by atoms with Crippen LogP contribution in [0.4, 0.5) is 22.4 Å². The van der Waals surface area contributed by atoms with Gasteiger partial charge in [-0.15, -0.1) is 0 Å². The monoisotopic (exact) mass is 294 g/mol. The van der Waals surface area contributed by atoms with E-state index in [9.17, 15) is 27.5 Å². The number of benzene rings is 1. The van der Waals surface area contributed by atoms with E-state index in [4.69, 9.17) is 0 Å². The fourth-order valence-corrected chi connectivity index (χ4v) is 1.41.